The SMILES string of the molecule is O=C(c1cccs1)N1C[C@@H]2C[C@H](C1)c1ccc(C3CCCCC3)c(=O)n1C2. The van der Waals surface area contributed by atoms with Gasteiger partial charge in [0.15, 0.2) is 0 Å². The van der Waals surface area contributed by atoms with E-state index in [0.717, 1.165) is 55.0 Å². The third-order valence-electron chi connectivity index (χ3n) is 6.70. The van der Waals surface area contributed by atoms with Crippen LogP contribution in [0.5, 0.6) is 0 Å². The van der Waals surface area contributed by atoms with Gasteiger partial charge in [-0.15, -0.1) is 11.3 Å². The standard InChI is InChI=1S/C22H26N2O2S/c25-21-18(16-5-2-1-3-6-16)8-9-19-17-11-15(13-24(19)21)12-23(14-17)22(26)20-7-4-10-27-20/h4,7-10,15-17H,1-3,5-6,11-14H2/t15-,17+/m0/s1. The molecule has 1 amide bonds. The molecule has 5 heteroatoms. The van der Waals surface area contributed by atoms with Gasteiger partial charge in [-0.3, -0.25) is 9.59 Å². The highest BCUT2D eigenvalue weighted by Crippen LogP contribution is 2.37. The largest absolute Gasteiger partial charge is 0.337 e. The maximum Gasteiger partial charge on any atom is 0.263 e. The average Bonchev–Trinajstić information content (AvgIpc) is 3.23. The lowest BCUT2D eigenvalue weighted by molar-refractivity contribution is 0.0599. The van der Waals surface area contributed by atoms with Crippen molar-refractivity contribution in [3.63, 3.8) is 0 Å². The van der Waals surface area contributed by atoms with Crippen molar-refractivity contribution in [2.75, 3.05) is 13.1 Å². The number of carbonyl (C=O) groups excluding carboxylic acids is 1. The van der Waals surface area contributed by atoms with E-state index in [0.29, 0.717) is 11.8 Å². The number of fused-ring (bicyclic) bond motifs is 4. The van der Waals surface area contributed by atoms with E-state index in [9.17, 15) is 9.59 Å². The maximum atomic E-state index is 13.2. The predicted molar refractivity (Wildman–Crippen MR) is 108 cm³/mol. The predicted octanol–water partition coefficient (Wildman–Crippen LogP) is 4.22. The van der Waals surface area contributed by atoms with Crippen LogP contribution in [-0.2, 0) is 6.54 Å². The molecule has 27 heavy (non-hydrogen) atoms. The molecule has 3 aliphatic rings. The van der Waals surface area contributed by atoms with E-state index in [1.165, 1.54) is 30.6 Å². The average molecular weight is 383 g/mol. The van der Waals surface area contributed by atoms with Gasteiger partial charge in [0.1, 0.15) is 0 Å². The molecule has 1 saturated carbocycles. The zero-order valence-electron chi connectivity index (χ0n) is 15.6. The third kappa shape index (κ3) is 3.06. The van der Waals surface area contributed by atoms with Crippen LogP contribution in [0.2, 0.25) is 0 Å². The van der Waals surface area contributed by atoms with Crippen molar-refractivity contribution in [3.05, 3.63) is 56.1 Å². The number of pyridine rings is 1. The van der Waals surface area contributed by atoms with Gasteiger partial charge in [0.2, 0.25) is 0 Å². The fourth-order valence-electron chi connectivity index (χ4n) is 5.41. The maximum absolute atomic E-state index is 13.2. The molecule has 0 N–H and O–H groups in total. The van der Waals surface area contributed by atoms with Crippen LogP contribution in [0.3, 0.4) is 0 Å². The molecule has 0 spiro atoms. The normalized spacial score (nSPS) is 25.3. The quantitative estimate of drug-likeness (QED) is 0.780. The first kappa shape index (κ1) is 17.2. The number of carbonyl (C=O) groups is 1. The molecule has 2 fully saturated rings. The second-order valence-corrected chi connectivity index (χ2v) is 9.40. The summed E-state index contributed by atoms with van der Waals surface area (Å²) in [5.74, 6) is 1.27. The van der Waals surface area contributed by atoms with Gasteiger partial charge in [-0.25, -0.2) is 0 Å². The minimum Gasteiger partial charge on any atom is -0.337 e. The zero-order valence-corrected chi connectivity index (χ0v) is 16.4. The van der Waals surface area contributed by atoms with Crippen molar-refractivity contribution in [1.82, 2.24) is 9.47 Å². The molecule has 4 nitrogen and oxygen atoms in total. The fraction of sp³-hybridized carbons (Fsp3) is 0.545. The first-order chi connectivity index (χ1) is 13.2. The van der Waals surface area contributed by atoms with Crippen molar-refractivity contribution in [1.29, 1.82) is 0 Å². The van der Waals surface area contributed by atoms with E-state index >= 15 is 0 Å². The number of nitrogens with zero attached hydrogens (tertiary/aromatic N) is 2. The minimum absolute atomic E-state index is 0.148. The third-order valence-corrected chi connectivity index (χ3v) is 7.56. The Bertz CT molecular complexity index is 896. The first-order valence-electron chi connectivity index (χ1n) is 10.3. The van der Waals surface area contributed by atoms with Crippen LogP contribution in [0.15, 0.2) is 34.4 Å². The number of aromatic nitrogens is 1. The van der Waals surface area contributed by atoms with E-state index in [-0.39, 0.29) is 17.4 Å². The van der Waals surface area contributed by atoms with Crippen molar-refractivity contribution in [3.8, 4) is 0 Å². The molecule has 0 radical (unpaired) electrons. The molecule has 142 valence electrons. The molecule has 4 heterocycles. The smallest absolute Gasteiger partial charge is 0.263 e. The topological polar surface area (TPSA) is 42.3 Å². The lowest BCUT2D eigenvalue weighted by atomic mass is 9.81. The summed E-state index contributed by atoms with van der Waals surface area (Å²) in [7, 11) is 0. The Morgan fingerprint density at radius 1 is 1.00 bits per heavy atom. The highest BCUT2D eigenvalue weighted by molar-refractivity contribution is 7.12. The van der Waals surface area contributed by atoms with E-state index in [1.54, 1.807) is 0 Å². The molecule has 2 bridgehead atoms. The highest BCUT2D eigenvalue weighted by atomic mass is 32.1. The number of amides is 1. The Balaban J connectivity index is 1.43. The second kappa shape index (κ2) is 6.93. The zero-order chi connectivity index (χ0) is 18.4. The van der Waals surface area contributed by atoms with Crippen LogP contribution in [0.1, 0.15) is 71.3 Å². The Morgan fingerprint density at radius 2 is 1.85 bits per heavy atom. The van der Waals surface area contributed by atoms with Crippen LogP contribution >= 0.6 is 11.3 Å². The number of rotatable bonds is 2. The summed E-state index contributed by atoms with van der Waals surface area (Å²) in [6.07, 6.45) is 7.21. The molecule has 1 aliphatic carbocycles. The number of piperidine rings is 1. The monoisotopic (exact) mass is 382 g/mol. The van der Waals surface area contributed by atoms with Crippen LogP contribution in [0.25, 0.3) is 0 Å². The van der Waals surface area contributed by atoms with Crippen molar-refractivity contribution < 1.29 is 4.79 Å². The Kier molecular flexibility index (Phi) is 4.43. The van der Waals surface area contributed by atoms with Gasteiger partial charge in [0.25, 0.3) is 11.5 Å². The van der Waals surface area contributed by atoms with Gasteiger partial charge in [-0.05, 0) is 48.6 Å². The molecular formula is C22H26N2O2S. The molecule has 2 aliphatic heterocycles. The van der Waals surface area contributed by atoms with Crippen LogP contribution in [-0.4, -0.2) is 28.5 Å². The lowest BCUT2D eigenvalue weighted by Crippen LogP contribution is -2.49. The number of likely N-dealkylation sites (tertiary alicyclic amines) is 1. The second-order valence-electron chi connectivity index (χ2n) is 8.45. The molecule has 2 aromatic heterocycles. The first-order valence-corrected chi connectivity index (χ1v) is 11.1. The van der Waals surface area contributed by atoms with Gasteiger partial charge in [-0.1, -0.05) is 31.4 Å². The van der Waals surface area contributed by atoms with Crippen molar-refractivity contribution in [2.45, 2.75) is 56.9 Å². The Hall–Kier alpha value is -1.88. The highest BCUT2D eigenvalue weighted by Gasteiger charge is 2.37. The van der Waals surface area contributed by atoms with Crippen LogP contribution < -0.4 is 5.56 Å². The van der Waals surface area contributed by atoms with Gasteiger partial charge in [-0.2, -0.15) is 0 Å². The van der Waals surface area contributed by atoms with E-state index in [4.69, 9.17) is 0 Å². The van der Waals surface area contributed by atoms with Crippen LogP contribution in [0.4, 0.5) is 0 Å². The minimum atomic E-state index is 0.148. The summed E-state index contributed by atoms with van der Waals surface area (Å²) >= 11 is 1.51. The summed E-state index contributed by atoms with van der Waals surface area (Å²) < 4.78 is 2.05. The molecule has 2 aromatic rings. The molecule has 0 unspecified atom stereocenters. The number of thiophene rings is 1. The molecule has 2 atom stereocenters. The van der Waals surface area contributed by atoms with E-state index < -0.39 is 0 Å². The van der Waals surface area contributed by atoms with Gasteiger partial charge in [0.05, 0.1) is 4.88 Å². The van der Waals surface area contributed by atoms with Crippen molar-refractivity contribution >= 4 is 17.2 Å². The van der Waals surface area contributed by atoms with Gasteiger partial charge < -0.3 is 9.47 Å². The van der Waals surface area contributed by atoms with E-state index in [2.05, 4.69) is 16.7 Å². The molecular weight excluding hydrogens is 356 g/mol. The van der Waals surface area contributed by atoms with E-state index in [1.807, 2.05) is 22.4 Å². The Labute approximate surface area is 163 Å². The van der Waals surface area contributed by atoms with Gasteiger partial charge >= 0.3 is 0 Å². The summed E-state index contributed by atoms with van der Waals surface area (Å²) in [6.45, 7) is 2.27. The molecule has 5 rings (SSSR count). The molecule has 1 saturated heterocycles. The lowest BCUT2D eigenvalue weighted by Gasteiger charge is -2.43. The summed E-state index contributed by atoms with van der Waals surface area (Å²) in [5.41, 5.74) is 2.41. The van der Waals surface area contributed by atoms with Gasteiger partial charge in [0, 0.05) is 36.8 Å². The summed E-state index contributed by atoms with van der Waals surface area (Å²) in [5, 5.41) is 1.96. The summed E-state index contributed by atoms with van der Waals surface area (Å²) in [4.78, 5) is 28.9. The Morgan fingerprint density at radius 3 is 2.63 bits per heavy atom. The number of hydrogen-bond donors (Lipinski definition) is 0. The molecule has 0 aromatic carbocycles. The fourth-order valence-corrected chi connectivity index (χ4v) is 6.10. The van der Waals surface area contributed by atoms with Crippen LogP contribution in [0, 0.1) is 5.92 Å². The van der Waals surface area contributed by atoms with Crippen molar-refractivity contribution in [2.24, 2.45) is 5.92 Å². The number of hydrogen-bond acceptors (Lipinski definition) is 3. The summed E-state index contributed by atoms with van der Waals surface area (Å²) in [6, 6.07) is 8.13.